The molecule has 0 saturated carbocycles. The molecular formula is C17H22N2O8. The predicted octanol–water partition coefficient (Wildman–Crippen LogP) is -1.83. The van der Waals surface area contributed by atoms with Gasteiger partial charge in [0.2, 0.25) is 5.60 Å². The first-order valence-electron chi connectivity index (χ1n) is 8.30. The largest absolute Gasteiger partial charge is 0.382 e. The number of amides is 1. The molecule has 0 bridgehead atoms. The molecule has 1 fully saturated rings. The maximum absolute atomic E-state index is 12.4. The van der Waals surface area contributed by atoms with Crippen molar-refractivity contribution in [3.8, 4) is 0 Å². The van der Waals surface area contributed by atoms with Crippen molar-refractivity contribution in [2.24, 2.45) is 4.99 Å². The van der Waals surface area contributed by atoms with Crippen molar-refractivity contribution in [1.82, 2.24) is 5.32 Å². The maximum atomic E-state index is 12.4. The lowest BCUT2D eigenvalue weighted by atomic mass is 9.73. The molecule has 0 aromatic heterocycles. The van der Waals surface area contributed by atoms with Gasteiger partial charge < -0.3 is 25.4 Å². The Balaban J connectivity index is 2.47. The minimum atomic E-state index is -2.94. The fourth-order valence-electron chi connectivity index (χ4n) is 3.22. The van der Waals surface area contributed by atoms with E-state index in [1.165, 1.54) is 6.20 Å². The van der Waals surface area contributed by atoms with Gasteiger partial charge in [-0.15, -0.1) is 0 Å². The van der Waals surface area contributed by atoms with Crippen LogP contribution in [0.15, 0.2) is 16.8 Å². The first kappa shape index (κ1) is 21.0. The second-order valence-corrected chi connectivity index (χ2v) is 6.64. The lowest BCUT2D eigenvalue weighted by Crippen LogP contribution is -2.70. The van der Waals surface area contributed by atoms with Gasteiger partial charge in [-0.25, -0.2) is 0 Å². The van der Waals surface area contributed by atoms with E-state index in [0.717, 1.165) is 20.8 Å². The van der Waals surface area contributed by atoms with Crippen LogP contribution in [0, 0.1) is 0 Å². The second-order valence-electron chi connectivity index (χ2n) is 6.64. The van der Waals surface area contributed by atoms with Crippen molar-refractivity contribution in [2.75, 3.05) is 0 Å². The van der Waals surface area contributed by atoms with Gasteiger partial charge in [0.05, 0.1) is 0 Å². The number of ether oxygens (including phenoxy) is 1. The molecule has 10 heteroatoms. The van der Waals surface area contributed by atoms with Crippen LogP contribution in [0.2, 0.25) is 0 Å². The SMILES string of the molecule is CC(=O)C(O)[C@H]1O[C@@H](NC(=O)C2=CN=CCC2)[C@@](O)(C(C)=O)[C@@]1(O)C(C)=O. The molecule has 27 heavy (non-hydrogen) atoms. The molecule has 0 spiro atoms. The Morgan fingerprint density at radius 1 is 1.19 bits per heavy atom. The van der Waals surface area contributed by atoms with Gasteiger partial charge in [0.1, 0.15) is 12.2 Å². The number of aliphatic hydroxyl groups is 3. The fraction of sp³-hybridized carbons (Fsp3) is 0.588. The summed E-state index contributed by atoms with van der Waals surface area (Å²) in [5.74, 6) is -3.79. The Bertz CT molecular complexity index is 745. The van der Waals surface area contributed by atoms with Gasteiger partial charge in [0, 0.05) is 18.0 Å². The Hall–Kier alpha value is -2.27. The van der Waals surface area contributed by atoms with Gasteiger partial charge in [-0.2, -0.15) is 0 Å². The topological polar surface area (TPSA) is 163 Å². The van der Waals surface area contributed by atoms with Crippen LogP contribution in [-0.4, -0.2) is 74.4 Å². The average molecular weight is 382 g/mol. The number of rotatable bonds is 6. The highest BCUT2D eigenvalue weighted by Crippen LogP contribution is 2.42. The Morgan fingerprint density at radius 2 is 1.78 bits per heavy atom. The highest BCUT2D eigenvalue weighted by atomic mass is 16.6. The van der Waals surface area contributed by atoms with Crippen molar-refractivity contribution in [1.29, 1.82) is 0 Å². The molecule has 0 aliphatic carbocycles. The van der Waals surface area contributed by atoms with E-state index in [2.05, 4.69) is 10.3 Å². The third-order valence-electron chi connectivity index (χ3n) is 4.86. The van der Waals surface area contributed by atoms with Gasteiger partial charge >= 0.3 is 0 Å². The van der Waals surface area contributed by atoms with Crippen molar-refractivity contribution >= 4 is 29.5 Å². The number of Topliss-reactive ketones (excluding diaryl/α,β-unsaturated/α-hetero) is 3. The number of carbonyl (C=O) groups excluding carboxylic acids is 4. The van der Waals surface area contributed by atoms with Crippen molar-refractivity contribution in [3.05, 3.63) is 11.8 Å². The third kappa shape index (κ3) is 3.25. The summed E-state index contributed by atoms with van der Waals surface area (Å²) in [7, 11) is 0. The maximum Gasteiger partial charge on any atom is 0.250 e. The van der Waals surface area contributed by atoms with Gasteiger partial charge in [0.15, 0.2) is 29.2 Å². The van der Waals surface area contributed by atoms with E-state index in [1.807, 2.05) is 0 Å². The number of aliphatic hydroxyl groups excluding tert-OH is 1. The molecule has 148 valence electrons. The zero-order valence-corrected chi connectivity index (χ0v) is 15.1. The molecular weight excluding hydrogens is 360 g/mol. The zero-order valence-electron chi connectivity index (χ0n) is 15.1. The summed E-state index contributed by atoms with van der Waals surface area (Å²) >= 11 is 0. The normalized spacial score (nSPS) is 33.9. The standard InChI is InChI=1S/C17H22N2O8/c1-8(20)12(23)13-16(25,9(2)21)17(26,10(3)22)15(27-13)19-14(24)11-5-4-6-18-7-11/h6-7,12-13,15,23,25-26H,4-5H2,1-3H3,(H,19,24)/t12?,13-,15-,16-,17+/m1/s1. The van der Waals surface area contributed by atoms with E-state index in [4.69, 9.17) is 4.74 Å². The van der Waals surface area contributed by atoms with Crippen LogP contribution in [0.4, 0.5) is 0 Å². The number of aliphatic imine (C=N–C) groups is 1. The van der Waals surface area contributed by atoms with E-state index in [0.29, 0.717) is 12.8 Å². The molecule has 0 aromatic carbocycles. The van der Waals surface area contributed by atoms with E-state index in [-0.39, 0.29) is 5.57 Å². The van der Waals surface area contributed by atoms with Crippen LogP contribution >= 0.6 is 0 Å². The van der Waals surface area contributed by atoms with Crippen molar-refractivity contribution < 1.29 is 39.2 Å². The number of nitrogens with zero attached hydrogens (tertiary/aromatic N) is 1. The van der Waals surface area contributed by atoms with Crippen LogP contribution in [0.3, 0.4) is 0 Å². The third-order valence-corrected chi connectivity index (χ3v) is 4.86. The van der Waals surface area contributed by atoms with Crippen molar-refractivity contribution in [3.63, 3.8) is 0 Å². The van der Waals surface area contributed by atoms with Gasteiger partial charge in [0.25, 0.3) is 5.91 Å². The lowest BCUT2D eigenvalue weighted by Gasteiger charge is -2.37. The molecule has 4 N–H and O–H groups in total. The molecule has 1 amide bonds. The number of ketones is 3. The monoisotopic (exact) mass is 382 g/mol. The van der Waals surface area contributed by atoms with E-state index < -0.39 is 52.9 Å². The minimum Gasteiger partial charge on any atom is -0.382 e. The average Bonchev–Trinajstić information content (AvgIpc) is 2.85. The van der Waals surface area contributed by atoms with Gasteiger partial charge in [-0.3, -0.25) is 24.2 Å². The highest BCUT2D eigenvalue weighted by molar-refractivity contribution is 6.01. The summed E-state index contributed by atoms with van der Waals surface area (Å²) in [6.07, 6.45) is -2.10. The Kier molecular flexibility index (Phi) is 5.76. The van der Waals surface area contributed by atoms with Crippen LogP contribution in [0.5, 0.6) is 0 Å². The molecule has 1 unspecified atom stereocenters. The van der Waals surface area contributed by atoms with Gasteiger partial charge in [-0.05, 0) is 33.6 Å². The summed E-state index contributed by atoms with van der Waals surface area (Å²) in [4.78, 5) is 52.2. The second kappa shape index (κ2) is 7.39. The van der Waals surface area contributed by atoms with Crippen molar-refractivity contribution in [2.45, 2.75) is 63.3 Å². The summed E-state index contributed by atoms with van der Waals surface area (Å²) in [6, 6.07) is 0. The van der Waals surface area contributed by atoms with Gasteiger partial charge in [-0.1, -0.05) is 0 Å². The molecule has 1 saturated heterocycles. The Labute approximate surface area is 154 Å². The first-order valence-corrected chi connectivity index (χ1v) is 8.30. The smallest absolute Gasteiger partial charge is 0.250 e. The molecule has 2 rings (SSSR count). The fourth-order valence-corrected chi connectivity index (χ4v) is 3.22. The zero-order chi connectivity index (χ0) is 20.6. The minimum absolute atomic E-state index is 0.230. The highest BCUT2D eigenvalue weighted by Gasteiger charge is 2.73. The van der Waals surface area contributed by atoms with E-state index in [1.54, 1.807) is 6.21 Å². The number of hydrogen-bond donors (Lipinski definition) is 4. The quantitative estimate of drug-likeness (QED) is 0.417. The molecule has 0 aromatic rings. The molecule has 5 atom stereocenters. The molecule has 2 aliphatic heterocycles. The molecule has 2 heterocycles. The van der Waals surface area contributed by atoms with Crippen LogP contribution < -0.4 is 5.32 Å². The first-order chi connectivity index (χ1) is 12.5. The van der Waals surface area contributed by atoms with E-state index >= 15 is 0 Å². The molecule has 2 aliphatic rings. The predicted molar refractivity (Wildman–Crippen MR) is 90.6 cm³/mol. The number of carbonyl (C=O) groups is 4. The lowest BCUT2D eigenvalue weighted by molar-refractivity contribution is -0.182. The van der Waals surface area contributed by atoms with Crippen LogP contribution in [0.1, 0.15) is 33.6 Å². The summed E-state index contributed by atoms with van der Waals surface area (Å²) in [5, 5.41) is 34.1. The summed E-state index contributed by atoms with van der Waals surface area (Å²) in [6.45, 7) is 2.75. The van der Waals surface area contributed by atoms with Crippen LogP contribution in [0.25, 0.3) is 0 Å². The summed E-state index contributed by atoms with van der Waals surface area (Å²) < 4.78 is 5.29. The van der Waals surface area contributed by atoms with Crippen LogP contribution in [-0.2, 0) is 23.9 Å². The Morgan fingerprint density at radius 3 is 2.22 bits per heavy atom. The number of hydrogen-bond acceptors (Lipinski definition) is 9. The molecule has 0 radical (unpaired) electrons. The molecule has 10 nitrogen and oxygen atoms in total. The summed E-state index contributed by atoms with van der Waals surface area (Å²) in [5.41, 5.74) is -5.62. The van der Waals surface area contributed by atoms with E-state index in [9.17, 15) is 34.5 Å². The number of nitrogens with one attached hydrogen (secondary N) is 1.